The molecule has 7 nitrogen and oxygen atoms in total. The second-order valence-electron chi connectivity index (χ2n) is 5.16. The van der Waals surface area contributed by atoms with E-state index in [0.717, 1.165) is 11.8 Å². The van der Waals surface area contributed by atoms with E-state index in [1.807, 2.05) is 0 Å². The largest absolute Gasteiger partial charge is 0.479 e. The van der Waals surface area contributed by atoms with Gasteiger partial charge in [-0.3, -0.25) is 4.79 Å². The Morgan fingerprint density at radius 2 is 1.82 bits per heavy atom. The van der Waals surface area contributed by atoms with Gasteiger partial charge < -0.3 is 15.2 Å². The summed E-state index contributed by atoms with van der Waals surface area (Å²) < 4.78 is 27.8. The number of ether oxygens (including phenoxy) is 1. The van der Waals surface area contributed by atoms with E-state index in [9.17, 15) is 18.0 Å². The molecule has 1 fully saturated rings. The van der Waals surface area contributed by atoms with Gasteiger partial charge in [-0.25, -0.2) is 13.2 Å². The minimum Gasteiger partial charge on any atom is -0.479 e. The zero-order chi connectivity index (χ0) is 16.3. The number of carboxylic acids is 1. The van der Waals surface area contributed by atoms with E-state index in [4.69, 9.17) is 9.84 Å². The molecular weight excluding hydrogens is 310 g/mol. The van der Waals surface area contributed by atoms with E-state index in [-0.39, 0.29) is 17.3 Å². The quantitative estimate of drug-likeness (QED) is 0.807. The van der Waals surface area contributed by atoms with E-state index in [2.05, 4.69) is 5.32 Å². The first-order valence-corrected chi connectivity index (χ1v) is 8.61. The summed E-state index contributed by atoms with van der Waals surface area (Å²) in [7, 11) is -3.24. The van der Waals surface area contributed by atoms with Crippen LogP contribution in [0.5, 0.6) is 0 Å². The lowest BCUT2D eigenvalue weighted by Crippen LogP contribution is -2.35. The van der Waals surface area contributed by atoms with Gasteiger partial charge in [0.15, 0.2) is 15.9 Å². The fourth-order valence-electron chi connectivity index (χ4n) is 2.17. The molecule has 22 heavy (non-hydrogen) atoms. The lowest BCUT2D eigenvalue weighted by Gasteiger charge is -2.12. The summed E-state index contributed by atoms with van der Waals surface area (Å²) in [5.41, 5.74) is 0.744. The highest BCUT2D eigenvalue weighted by atomic mass is 32.2. The van der Waals surface area contributed by atoms with Gasteiger partial charge in [0.25, 0.3) is 0 Å². The first-order chi connectivity index (χ1) is 10.3. The van der Waals surface area contributed by atoms with Crippen molar-refractivity contribution in [1.82, 2.24) is 5.32 Å². The highest BCUT2D eigenvalue weighted by molar-refractivity contribution is 7.90. The van der Waals surface area contributed by atoms with Gasteiger partial charge in [0.05, 0.1) is 4.90 Å². The number of sulfone groups is 1. The first kappa shape index (κ1) is 16.4. The molecule has 1 aromatic carbocycles. The number of hydrogen-bond acceptors (Lipinski definition) is 5. The third kappa shape index (κ3) is 4.05. The number of nitrogens with one attached hydrogen (secondary N) is 1. The van der Waals surface area contributed by atoms with Crippen LogP contribution in [0.15, 0.2) is 29.2 Å². The van der Waals surface area contributed by atoms with Crippen LogP contribution in [-0.2, 0) is 30.7 Å². The van der Waals surface area contributed by atoms with Crippen molar-refractivity contribution in [3.05, 3.63) is 29.8 Å². The molecule has 0 unspecified atom stereocenters. The number of carbonyl (C=O) groups excluding carboxylic acids is 1. The monoisotopic (exact) mass is 327 g/mol. The fraction of sp³-hybridized carbons (Fsp3) is 0.429. The normalized spacial score (nSPS) is 21.5. The highest BCUT2D eigenvalue weighted by Crippen LogP contribution is 2.20. The smallest absolute Gasteiger partial charge is 0.332 e. The summed E-state index contributed by atoms with van der Waals surface area (Å²) in [6, 6.07) is 6.19. The molecule has 8 heteroatoms. The lowest BCUT2D eigenvalue weighted by atomic mass is 10.2. The summed E-state index contributed by atoms with van der Waals surface area (Å²) in [6.45, 7) is 0.223. The van der Waals surface area contributed by atoms with Crippen molar-refractivity contribution in [3.8, 4) is 0 Å². The highest BCUT2D eigenvalue weighted by Gasteiger charge is 2.34. The molecule has 0 spiro atoms. The van der Waals surface area contributed by atoms with Gasteiger partial charge in [0.2, 0.25) is 5.91 Å². The molecule has 1 aliphatic rings. The van der Waals surface area contributed by atoms with Gasteiger partial charge in [-0.15, -0.1) is 0 Å². The van der Waals surface area contributed by atoms with E-state index in [0.29, 0.717) is 12.8 Å². The molecule has 2 N–H and O–H groups in total. The molecule has 0 saturated carbocycles. The third-order valence-electron chi connectivity index (χ3n) is 3.41. The number of benzene rings is 1. The maximum Gasteiger partial charge on any atom is 0.332 e. The van der Waals surface area contributed by atoms with Gasteiger partial charge in [-0.05, 0) is 30.5 Å². The predicted octanol–water partition coefficient (Wildman–Crippen LogP) is 0.338. The maximum atomic E-state index is 11.9. The average molecular weight is 327 g/mol. The van der Waals surface area contributed by atoms with Crippen molar-refractivity contribution in [2.45, 2.75) is 36.5 Å². The molecule has 2 atom stereocenters. The zero-order valence-electron chi connectivity index (χ0n) is 12.0. The molecule has 1 aliphatic heterocycles. The van der Waals surface area contributed by atoms with Crippen LogP contribution in [0.4, 0.5) is 0 Å². The summed E-state index contributed by atoms with van der Waals surface area (Å²) in [5.74, 6) is -1.43. The van der Waals surface area contributed by atoms with Crippen molar-refractivity contribution in [2.24, 2.45) is 0 Å². The molecule has 1 amide bonds. The van der Waals surface area contributed by atoms with Gasteiger partial charge in [-0.1, -0.05) is 12.1 Å². The van der Waals surface area contributed by atoms with Crippen LogP contribution in [0.2, 0.25) is 0 Å². The fourth-order valence-corrected chi connectivity index (χ4v) is 2.80. The van der Waals surface area contributed by atoms with Crippen LogP contribution < -0.4 is 5.32 Å². The second-order valence-corrected chi connectivity index (χ2v) is 7.18. The Labute approximate surface area is 128 Å². The Morgan fingerprint density at radius 1 is 1.23 bits per heavy atom. The van der Waals surface area contributed by atoms with Crippen LogP contribution >= 0.6 is 0 Å². The lowest BCUT2D eigenvalue weighted by molar-refractivity contribution is -0.151. The third-order valence-corrected chi connectivity index (χ3v) is 4.53. The number of rotatable bonds is 5. The molecule has 120 valence electrons. The Morgan fingerprint density at radius 3 is 2.32 bits per heavy atom. The standard InChI is InChI=1S/C14H17NO6S/c1-22(19,20)10-4-2-9(3-5-10)8-15-13(16)11-6-7-12(21-11)14(17)18/h2-5,11-12H,6-8H2,1H3,(H,15,16)(H,17,18)/t11-,12+/m0/s1. The van der Waals surface area contributed by atoms with Gasteiger partial charge in [-0.2, -0.15) is 0 Å². The van der Waals surface area contributed by atoms with Crippen LogP contribution in [0.3, 0.4) is 0 Å². The average Bonchev–Trinajstić information content (AvgIpc) is 2.94. The first-order valence-electron chi connectivity index (χ1n) is 6.72. The van der Waals surface area contributed by atoms with Gasteiger partial charge in [0.1, 0.15) is 6.10 Å². The minimum atomic E-state index is -3.24. The molecule has 2 rings (SSSR count). The molecule has 0 bridgehead atoms. The van der Waals surface area contributed by atoms with Crippen molar-refractivity contribution in [2.75, 3.05) is 6.26 Å². The number of carbonyl (C=O) groups is 2. The van der Waals surface area contributed by atoms with E-state index in [1.54, 1.807) is 12.1 Å². The number of hydrogen-bond donors (Lipinski definition) is 2. The Balaban J connectivity index is 1.88. The Hall–Kier alpha value is -1.93. The van der Waals surface area contributed by atoms with Crippen LogP contribution in [0.25, 0.3) is 0 Å². The van der Waals surface area contributed by atoms with Crippen molar-refractivity contribution < 1.29 is 27.9 Å². The van der Waals surface area contributed by atoms with Crippen LogP contribution in [-0.4, -0.2) is 43.9 Å². The topological polar surface area (TPSA) is 110 Å². The zero-order valence-corrected chi connectivity index (χ0v) is 12.8. The van der Waals surface area contributed by atoms with Crippen LogP contribution in [0, 0.1) is 0 Å². The SMILES string of the molecule is CS(=O)(=O)c1ccc(CNC(=O)[C@@H]2CC[C@H](C(=O)O)O2)cc1. The van der Waals surface area contributed by atoms with Crippen molar-refractivity contribution >= 4 is 21.7 Å². The number of amides is 1. The van der Waals surface area contributed by atoms with Crippen molar-refractivity contribution in [3.63, 3.8) is 0 Å². The maximum absolute atomic E-state index is 11.9. The van der Waals surface area contributed by atoms with E-state index in [1.165, 1.54) is 12.1 Å². The molecule has 0 aliphatic carbocycles. The van der Waals surface area contributed by atoms with E-state index >= 15 is 0 Å². The van der Waals surface area contributed by atoms with Gasteiger partial charge in [0, 0.05) is 12.8 Å². The van der Waals surface area contributed by atoms with Gasteiger partial charge >= 0.3 is 5.97 Å². The summed E-state index contributed by atoms with van der Waals surface area (Å²) >= 11 is 0. The molecule has 1 saturated heterocycles. The predicted molar refractivity (Wildman–Crippen MR) is 76.9 cm³/mol. The van der Waals surface area contributed by atoms with E-state index < -0.39 is 28.0 Å². The number of aliphatic carboxylic acids is 1. The van der Waals surface area contributed by atoms with Crippen LogP contribution in [0.1, 0.15) is 18.4 Å². The molecular formula is C14H17NO6S. The summed E-state index contributed by atoms with van der Waals surface area (Å²) in [6.07, 6.45) is 0.132. The second kappa shape index (κ2) is 6.45. The summed E-state index contributed by atoms with van der Waals surface area (Å²) in [4.78, 5) is 22.9. The number of carboxylic acid groups (broad SMARTS) is 1. The molecule has 0 radical (unpaired) electrons. The molecule has 1 aromatic rings. The minimum absolute atomic E-state index is 0.214. The molecule has 0 aromatic heterocycles. The molecule has 1 heterocycles. The Kier molecular flexibility index (Phi) is 4.82. The van der Waals surface area contributed by atoms with Crippen molar-refractivity contribution in [1.29, 1.82) is 0 Å². The summed E-state index contributed by atoms with van der Waals surface area (Å²) in [5, 5.41) is 11.5. The Bertz CT molecular complexity index is 667.